The first-order chi connectivity index (χ1) is 7.16. The minimum atomic E-state index is 0.630. The van der Waals surface area contributed by atoms with Crippen molar-refractivity contribution >= 4 is 17.0 Å². The monoisotopic (exact) mass is 224 g/mol. The number of anilines is 1. The van der Waals surface area contributed by atoms with Crippen LogP contribution in [0.1, 0.15) is 20.3 Å². The highest BCUT2D eigenvalue weighted by molar-refractivity contribution is 7.08. The number of piperidine rings is 1. The molecule has 0 bridgehead atoms. The summed E-state index contributed by atoms with van der Waals surface area (Å²) in [6, 6.07) is 3.49. The SMILES string of the molecule is CC1CN(C)C(C)CC1Nc1ccsc1. The second-order valence-electron chi connectivity index (χ2n) is 4.76. The Labute approximate surface area is 96.3 Å². The van der Waals surface area contributed by atoms with Gasteiger partial charge in [0.15, 0.2) is 0 Å². The highest BCUT2D eigenvalue weighted by atomic mass is 32.1. The number of nitrogens with one attached hydrogen (secondary N) is 1. The summed E-state index contributed by atoms with van der Waals surface area (Å²) in [5.74, 6) is 0.728. The lowest BCUT2D eigenvalue weighted by molar-refractivity contribution is 0.146. The molecule has 2 heterocycles. The molecule has 0 radical (unpaired) electrons. The zero-order valence-corrected chi connectivity index (χ0v) is 10.6. The molecular formula is C12H20N2S. The minimum Gasteiger partial charge on any atom is -0.381 e. The van der Waals surface area contributed by atoms with E-state index in [9.17, 15) is 0 Å². The highest BCUT2D eigenvalue weighted by Gasteiger charge is 2.28. The summed E-state index contributed by atoms with van der Waals surface area (Å²) in [5, 5.41) is 7.97. The largest absolute Gasteiger partial charge is 0.381 e. The van der Waals surface area contributed by atoms with Crippen LogP contribution in [-0.4, -0.2) is 30.6 Å². The fraction of sp³-hybridized carbons (Fsp3) is 0.667. The molecule has 2 rings (SSSR count). The summed E-state index contributed by atoms with van der Waals surface area (Å²) >= 11 is 1.76. The molecular weight excluding hydrogens is 204 g/mol. The van der Waals surface area contributed by atoms with Crippen molar-refractivity contribution in [2.75, 3.05) is 18.9 Å². The van der Waals surface area contributed by atoms with Gasteiger partial charge in [-0.1, -0.05) is 6.92 Å². The van der Waals surface area contributed by atoms with Crippen molar-refractivity contribution in [1.29, 1.82) is 0 Å². The van der Waals surface area contributed by atoms with Gasteiger partial charge in [0.1, 0.15) is 0 Å². The van der Waals surface area contributed by atoms with Crippen LogP contribution in [-0.2, 0) is 0 Å². The molecule has 84 valence electrons. The van der Waals surface area contributed by atoms with Gasteiger partial charge < -0.3 is 10.2 Å². The fourth-order valence-corrected chi connectivity index (χ4v) is 2.90. The Morgan fingerprint density at radius 2 is 2.27 bits per heavy atom. The Kier molecular flexibility index (Phi) is 3.32. The van der Waals surface area contributed by atoms with Gasteiger partial charge in [0.05, 0.1) is 0 Å². The van der Waals surface area contributed by atoms with Gasteiger partial charge in [0, 0.05) is 29.7 Å². The average molecular weight is 224 g/mol. The molecule has 1 aromatic heterocycles. The summed E-state index contributed by atoms with van der Waals surface area (Å²) in [4.78, 5) is 2.45. The Hall–Kier alpha value is -0.540. The predicted molar refractivity (Wildman–Crippen MR) is 67.6 cm³/mol. The van der Waals surface area contributed by atoms with Crippen LogP contribution >= 0.6 is 11.3 Å². The molecule has 0 spiro atoms. The van der Waals surface area contributed by atoms with E-state index in [-0.39, 0.29) is 0 Å². The van der Waals surface area contributed by atoms with Crippen LogP contribution in [0, 0.1) is 5.92 Å². The van der Waals surface area contributed by atoms with E-state index in [0.717, 1.165) is 5.92 Å². The Morgan fingerprint density at radius 3 is 2.93 bits per heavy atom. The molecule has 0 aromatic carbocycles. The van der Waals surface area contributed by atoms with Crippen LogP contribution in [0.2, 0.25) is 0 Å². The van der Waals surface area contributed by atoms with Crippen molar-refractivity contribution in [3.63, 3.8) is 0 Å². The summed E-state index contributed by atoms with van der Waals surface area (Å²) in [7, 11) is 2.22. The molecule has 1 N–H and O–H groups in total. The third kappa shape index (κ3) is 2.52. The van der Waals surface area contributed by atoms with Gasteiger partial charge in [-0.05, 0) is 37.8 Å². The standard InChI is InChI=1S/C12H20N2S/c1-9-7-14(3)10(2)6-12(9)13-11-4-5-15-8-11/h4-5,8-10,12-13H,6-7H2,1-3H3. The lowest BCUT2D eigenvalue weighted by atomic mass is 9.90. The molecule has 15 heavy (non-hydrogen) atoms. The van der Waals surface area contributed by atoms with Gasteiger partial charge in [0.2, 0.25) is 0 Å². The number of rotatable bonds is 2. The van der Waals surface area contributed by atoms with Crippen LogP contribution in [0.15, 0.2) is 16.8 Å². The smallest absolute Gasteiger partial charge is 0.0451 e. The Bertz CT molecular complexity index is 297. The zero-order valence-electron chi connectivity index (χ0n) is 9.73. The maximum Gasteiger partial charge on any atom is 0.0451 e. The quantitative estimate of drug-likeness (QED) is 0.831. The lowest BCUT2D eigenvalue weighted by Crippen LogP contribution is -2.48. The van der Waals surface area contributed by atoms with Crippen molar-refractivity contribution in [2.45, 2.75) is 32.4 Å². The van der Waals surface area contributed by atoms with E-state index in [1.54, 1.807) is 11.3 Å². The van der Waals surface area contributed by atoms with E-state index in [1.807, 2.05) is 0 Å². The number of nitrogens with zero attached hydrogens (tertiary/aromatic N) is 1. The van der Waals surface area contributed by atoms with E-state index in [4.69, 9.17) is 0 Å². The van der Waals surface area contributed by atoms with Crippen molar-refractivity contribution < 1.29 is 0 Å². The van der Waals surface area contributed by atoms with Gasteiger partial charge in [-0.3, -0.25) is 0 Å². The third-order valence-corrected chi connectivity index (χ3v) is 4.17. The molecule has 2 nitrogen and oxygen atoms in total. The lowest BCUT2D eigenvalue weighted by Gasteiger charge is -2.40. The molecule has 0 amide bonds. The third-order valence-electron chi connectivity index (χ3n) is 3.48. The minimum absolute atomic E-state index is 0.630. The van der Waals surface area contributed by atoms with Crippen molar-refractivity contribution in [2.24, 2.45) is 5.92 Å². The van der Waals surface area contributed by atoms with Crippen molar-refractivity contribution in [1.82, 2.24) is 4.90 Å². The molecule has 1 aromatic rings. The van der Waals surface area contributed by atoms with Gasteiger partial charge in [0.25, 0.3) is 0 Å². The van der Waals surface area contributed by atoms with Crippen LogP contribution < -0.4 is 5.32 Å². The van der Waals surface area contributed by atoms with Gasteiger partial charge >= 0.3 is 0 Å². The Morgan fingerprint density at radius 1 is 1.47 bits per heavy atom. The maximum absolute atomic E-state index is 3.65. The summed E-state index contributed by atoms with van der Waals surface area (Å²) in [6.07, 6.45) is 1.24. The number of hydrogen-bond acceptors (Lipinski definition) is 3. The first-order valence-electron chi connectivity index (χ1n) is 5.66. The van der Waals surface area contributed by atoms with E-state index in [2.05, 4.69) is 47.9 Å². The molecule has 1 fully saturated rings. The molecule has 1 aliphatic rings. The van der Waals surface area contributed by atoms with E-state index >= 15 is 0 Å². The van der Waals surface area contributed by atoms with Gasteiger partial charge in [-0.25, -0.2) is 0 Å². The first-order valence-corrected chi connectivity index (χ1v) is 6.60. The van der Waals surface area contributed by atoms with Crippen molar-refractivity contribution in [3.05, 3.63) is 16.8 Å². The predicted octanol–water partition coefficient (Wildman–Crippen LogP) is 2.89. The maximum atomic E-state index is 3.65. The average Bonchev–Trinajstić information content (AvgIpc) is 2.67. The van der Waals surface area contributed by atoms with Gasteiger partial charge in [-0.2, -0.15) is 11.3 Å². The van der Waals surface area contributed by atoms with E-state index in [1.165, 1.54) is 18.7 Å². The topological polar surface area (TPSA) is 15.3 Å². The summed E-state index contributed by atoms with van der Waals surface area (Å²) < 4.78 is 0. The molecule has 1 saturated heterocycles. The molecule has 3 unspecified atom stereocenters. The normalized spacial score (nSPS) is 32.9. The van der Waals surface area contributed by atoms with Crippen LogP contribution in [0.5, 0.6) is 0 Å². The van der Waals surface area contributed by atoms with Gasteiger partial charge in [-0.15, -0.1) is 0 Å². The molecule has 1 aliphatic heterocycles. The molecule has 0 aliphatic carbocycles. The Balaban J connectivity index is 1.97. The van der Waals surface area contributed by atoms with Crippen LogP contribution in [0.4, 0.5) is 5.69 Å². The van der Waals surface area contributed by atoms with Crippen molar-refractivity contribution in [3.8, 4) is 0 Å². The fourth-order valence-electron chi connectivity index (χ4n) is 2.30. The molecule has 3 atom stereocenters. The van der Waals surface area contributed by atoms with Crippen LogP contribution in [0.3, 0.4) is 0 Å². The summed E-state index contributed by atoms with van der Waals surface area (Å²) in [6.45, 7) is 5.85. The number of likely N-dealkylation sites (tertiary alicyclic amines) is 1. The van der Waals surface area contributed by atoms with Crippen LogP contribution in [0.25, 0.3) is 0 Å². The molecule has 0 saturated carbocycles. The number of thiophene rings is 1. The zero-order chi connectivity index (χ0) is 10.8. The second-order valence-corrected chi connectivity index (χ2v) is 5.54. The van der Waals surface area contributed by atoms with E-state index in [0.29, 0.717) is 12.1 Å². The molecule has 3 heteroatoms. The summed E-state index contributed by atoms with van der Waals surface area (Å²) in [5.41, 5.74) is 1.29. The second kappa shape index (κ2) is 4.54. The van der Waals surface area contributed by atoms with E-state index < -0.39 is 0 Å². The first kappa shape index (κ1) is 11.0. The highest BCUT2D eigenvalue weighted by Crippen LogP contribution is 2.25. The number of hydrogen-bond donors (Lipinski definition) is 1.